The molecule has 1 aliphatic heterocycles. The van der Waals surface area contributed by atoms with E-state index in [1.807, 2.05) is 0 Å². The highest BCUT2D eigenvalue weighted by atomic mass is 19.1. The molecule has 35 heavy (non-hydrogen) atoms. The third-order valence-corrected chi connectivity index (χ3v) is 6.40. The van der Waals surface area contributed by atoms with Gasteiger partial charge in [0.05, 0.1) is 30.0 Å². The summed E-state index contributed by atoms with van der Waals surface area (Å²) in [6.07, 6.45) is -0.664. The van der Waals surface area contributed by atoms with E-state index in [1.165, 1.54) is 4.57 Å². The van der Waals surface area contributed by atoms with E-state index in [0.717, 1.165) is 12.3 Å². The van der Waals surface area contributed by atoms with Gasteiger partial charge in [0.1, 0.15) is 23.2 Å². The monoisotopic (exact) mass is 495 g/mol. The first kappa shape index (κ1) is 24.9. The van der Waals surface area contributed by atoms with Gasteiger partial charge in [-0.15, -0.1) is 0 Å². The van der Waals surface area contributed by atoms with Crippen molar-refractivity contribution in [1.29, 1.82) is 0 Å². The number of hydrogen-bond acceptors (Lipinski definition) is 5. The van der Waals surface area contributed by atoms with Crippen LogP contribution in [-0.4, -0.2) is 59.3 Å². The predicted molar refractivity (Wildman–Crippen MR) is 123 cm³/mol. The molecule has 4 rings (SSSR count). The smallest absolute Gasteiger partial charge is 0.407 e. The number of benzene rings is 1. The Labute approximate surface area is 199 Å². The maximum Gasteiger partial charge on any atom is 0.407 e. The molecule has 2 heterocycles. The molecule has 2 fully saturated rings. The average molecular weight is 495 g/mol. The summed E-state index contributed by atoms with van der Waals surface area (Å²) in [6.45, 7) is 6.08. The first-order chi connectivity index (χ1) is 16.3. The molecule has 1 amide bonds. The number of nitrogens with zero attached hydrogens (tertiary/aromatic N) is 2. The molecule has 0 unspecified atom stereocenters. The van der Waals surface area contributed by atoms with E-state index in [0.29, 0.717) is 5.56 Å². The van der Waals surface area contributed by atoms with Crippen LogP contribution in [0.3, 0.4) is 0 Å². The molecule has 2 N–H and O–H groups in total. The second-order valence-corrected chi connectivity index (χ2v) is 10.2. The summed E-state index contributed by atoms with van der Waals surface area (Å²) in [4.78, 5) is 38.2. The lowest BCUT2D eigenvalue weighted by atomic mass is 10.0. The third-order valence-electron chi connectivity index (χ3n) is 6.40. The molecule has 0 bridgehead atoms. The summed E-state index contributed by atoms with van der Waals surface area (Å²) in [6, 6.07) is -0.357. The highest BCUT2D eigenvalue weighted by Crippen LogP contribution is 2.43. The number of aromatic carboxylic acids is 1. The standard InChI is InChI=1S/C24H28F3N3O5/c1-11-19-13(21(31)14(22(32)33)9-30(19)18-6-15(18)26)5-16(27)20(11)29-8-12(7-25)17(10-29)28-23(34)35-24(2,3)4/h5,9,12,15,17-18H,6-8,10H2,1-4H3,(H,28,34)(H,32,33)/t12-,15-,17+,18+/m0/s1. The van der Waals surface area contributed by atoms with Crippen molar-refractivity contribution in [1.82, 2.24) is 9.88 Å². The molecule has 8 nitrogen and oxygen atoms in total. The first-order valence-electron chi connectivity index (χ1n) is 11.4. The number of fused-ring (bicyclic) bond motifs is 1. The molecule has 1 aromatic heterocycles. The van der Waals surface area contributed by atoms with Crippen LogP contribution in [0.15, 0.2) is 17.1 Å². The van der Waals surface area contributed by atoms with Crippen molar-refractivity contribution >= 4 is 28.7 Å². The number of pyridine rings is 1. The van der Waals surface area contributed by atoms with Crippen LogP contribution in [0, 0.1) is 18.7 Å². The number of aryl methyl sites for hydroxylation is 1. The normalized spacial score (nSPS) is 24.0. The van der Waals surface area contributed by atoms with E-state index in [1.54, 1.807) is 32.6 Å². The molecule has 2 aliphatic rings. The quantitative estimate of drug-likeness (QED) is 0.656. The van der Waals surface area contributed by atoms with Crippen molar-refractivity contribution in [3.63, 3.8) is 0 Å². The predicted octanol–water partition coefficient (Wildman–Crippen LogP) is 3.73. The molecule has 0 radical (unpaired) electrons. The minimum atomic E-state index is -1.48. The highest BCUT2D eigenvalue weighted by Gasteiger charge is 2.41. The van der Waals surface area contributed by atoms with Crippen molar-refractivity contribution in [2.24, 2.45) is 5.92 Å². The number of alkyl carbamates (subject to hydrolysis) is 1. The van der Waals surface area contributed by atoms with E-state index in [9.17, 15) is 28.3 Å². The number of carboxylic acid groups (broad SMARTS) is 1. The van der Waals surface area contributed by atoms with Gasteiger partial charge in [-0.2, -0.15) is 0 Å². The molecular weight excluding hydrogens is 467 g/mol. The number of aromatic nitrogens is 1. The van der Waals surface area contributed by atoms with Gasteiger partial charge in [-0.25, -0.2) is 18.4 Å². The Kier molecular flexibility index (Phi) is 6.23. The molecule has 1 aliphatic carbocycles. The second-order valence-electron chi connectivity index (χ2n) is 10.2. The number of alkyl halides is 2. The zero-order valence-electron chi connectivity index (χ0n) is 19.9. The van der Waals surface area contributed by atoms with E-state index >= 15 is 4.39 Å². The van der Waals surface area contributed by atoms with Crippen LogP contribution >= 0.6 is 0 Å². The highest BCUT2D eigenvalue weighted by molar-refractivity contribution is 5.95. The summed E-state index contributed by atoms with van der Waals surface area (Å²) < 4.78 is 49.9. The summed E-state index contributed by atoms with van der Waals surface area (Å²) in [5.41, 5.74) is -1.53. The van der Waals surface area contributed by atoms with Gasteiger partial charge >= 0.3 is 12.1 Å². The van der Waals surface area contributed by atoms with Gasteiger partial charge < -0.3 is 24.6 Å². The Morgan fingerprint density at radius 2 is 1.94 bits per heavy atom. The van der Waals surface area contributed by atoms with Crippen LogP contribution < -0.4 is 15.6 Å². The van der Waals surface area contributed by atoms with Crippen LogP contribution in [0.5, 0.6) is 0 Å². The Hall–Kier alpha value is -3.24. The maximum atomic E-state index is 15.4. The molecule has 2 aromatic rings. The lowest BCUT2D eigenvalue weighted by Crippen LogP contribution is -2.43. The topological polar surface area (TPSA) is 101 Å². The second kappa shape index (κ2) is 8.76. The molecule has 0 spiro atoms. The van der Waals surface area contributed by atoms with Crippen molar-refractivity contribution in [2.45, 2.75) is 58.0 Å². The number of hydrogen-bond donors (Lipinski definition) is 2. The van der Waals surface area contributed by atoms with Gasteiger partial charge in [0.2, 0.25) is 5.43 Å². The number of halogens is 3. The van der Waals surface area contributed by atoms with Crippen molar-refractivity contribution in [3.8, 4) is 0 Å². The van der Waals surface area contributed by atoms with Gasteiger partial charge in [-0.05, 0) is 39.3 Å². The largest absolute Gasteiger partial charge is 0.477 e. The summed E-state index contributed by atoms with van der Waals surface area (Å²) >= 11 is 0. The summed E-state index contributed by atoms with van der Waals surface area (Å²) in [7, 11) is 0. The van der Waals surface area contributed by atoms with Crippen LogP contribution in [-0.2, 0) is 4.74 Å². The van der Waals surface area contributed by atoms with Gasteiger partial charge in [0.25, 0.3) is 0 Å². The lowest BCUT2D eigenvalue weighted by molar-refractivity contribution is 0.0494. The fraction of sp³-hybridized carbons (Fsp3) is 0.542. The third kappa shape index (κ3) is 4.68. The number of carbonyl (C=O) groups excluding carboxylic acids is 1. The Bertz CT molecular complexity index is 1260. The Morgan fingerprint density at radius 3 is 2.49 bits per heavy atom. The zero-order chi connectivity index (χ0) is 25.8. The SMILES string of the molecule is Cc1c(N2C[C@H](CF)[C@H](NC(=O)OC(C)(C)C)C2)c(F)cc2c(=O)c(C(=O)O)cn([C@@H]3C[C@@H]3F)c12. The van der Waals surface area contributed by atoms with Gasteiger partial charge in [0, 0.05) is 37.0 Å². The van der Waals surface area contributed by atoms with E-state index < -0.39 is 65.3 Å². The molecule has 1 aromatic carbocycles. The van der Waals surface area contributed by atoms with Crippen molar-refractivity contribution in [3.05, 3.63) is 39.4 Å². The molecule has 1 saturated carbocycles. The number of carbonyl (C=O) groups is 2. The Balaban J connectivity index is 1.76. The van der Waals surface area contributed by atoms with E-state index in [4.69, 9.17) is 4.74 Å². The van der Waals surface area contributed by atoms with E-state index in [-0.39, 0.29) is 36.1 Å². The maximum absolute atomic E-state index is 15.4. The van der Waals surface area contributed by atoms with Gasteiger partial charge in [-0.1, -0.05) is 0 Å². The molecule has 11 heteroatoms. The molecule has 190 valence electrons. The number of ether oxygens (including phenoxy) is 1. The summed E-state index contributed by atoms with van der Waals surface area (Å²) in [5.74, 6) is -2.90. The van der Waals surface area contributed by atoms with Crippen LogP contribution in [0.1, 0.15) is 49.2 Å². The van der Waals surface area contributed by atoms with Gasteiger partial charge in [-0.3, -0.25) is 9.18 Å². The average Bonchev–Trinajstić information content (AvgIpc) is 3.33. The number of rotatable bonds is 5. The van der Waals surface area contributed by atoms with Crippen LogP contribution in [0.4, 0.5) is 23.7 Å². The minimum Gasteiger partial charge on any atom is -0.477 e. The minimum absolute atomic E-state index is 0.0870. The summed E-state index contributed by atoms with van der Waals surface area (Å²) in [5, 5.41) is 11.9. The van der Waals surface area contributed by atoms with Crippen LogP contribution in [0.2, 0.25) is 0 Å². The molecule has 1 saturated heterocycles. The number of amides is 1. The van der Waals surface area contributed by atoms with Crippen LogP contribution in [0.25, 0.3) is 10.9 Å². The number of nitrogens with one attached hydrogen (secondary N) is 1. The molecular formula is C24H28F3N3O5. The molecule has 4 atom stereocenters. The first-order valence-corrected chi connectivity index (χ1v) is 11.4. The van der Waals surface area contributed by atoms with Crippen molar-refractivity contribution in [2.75, 3.05) is 24.7 Å². The number of carboxylic acids is 1. The fourth-order valence-corrected chi connectivity index (χ4v) is 4.74. The van der Waals surface area contributed by atoms with Crippen molar-refractivity contribution < 1.29 is 32.6 Å². The fourth-order valence-electron chi connectivity index (χ4n) is 4.74. The van der Waals surface area contributed by atoms with E-state index in [2.05, 4.69) is 5.32 Å². The Morgan fingerprint density at radius 1 is 1.29 bits per heavy atom. The van der Waals surface area contributed by atoms with Gasteiger partial charge in [0.15, 0.2) is 0 Å². The lowest BCUT2D eigenvalue weighted by Gasteiger charge is -2.25. The number of anilines is 1. The zero-order valence-corrected chi connectivity index (χ0v) is 19.9.